The Labute approximate surface area is 232 Å². The van der Waals surface area contributed by atoms with Crippen molar-refractivity contribution in [2.24, 2.45) is 0 Å². The van der Waals surface area contributed by atoms with Gasteiger partial charge in [0.2, 0.25) is 5.91 Å². The van der Waals surface area contributed by atoms with Crippen LogP contribution in [0.2, 0.25) is 0 Å². The molecule has 1 aliphatic carbocycles. The van der Waals surface area contributed by atoms with Gasteiger partial charge in [0.25, 0.3) is 0 Å². The van der Waals surface area contributed by atoms with Gasteiger partial charge in [-0.05, 0) is 67.6 Å². The molecule has 1 aromatic heterocycles. The van der Waals surface area contributed by atoms with E-state index in [0.29, 0.717) is 34.9 Å². The lowest BCUT2D eigenvalue weighted by Crippen LogP contribution is -2.49. The van der Waals surface area contributed by atoms with Gasteiger partial charge in [-0.1, -0.05) is 36.4 Å². The van der Waals surface area contributed by atoms with Crippen molar-refractivity contribution in [1.82, 2.24) is 10.3 Å². The summed E-state index contributed by atoms with van der Waals surface area (Å²) in [5.74, 6) is -0.703. The van der Waals surface area contributed by atoms with E-state index in [1.807, 2.05) is 62.4 Å². The van der Waals surface area contributed by atoms with Crippen LogP contribution in [-0.4, -0.2) is 35.4 Å². The first-order valence-electron chi connectivity index (χ1n) is 12.9. The molecule has 4 aromatic rings. The summed E-state index contributed by atoms with van der Waals surface area (Å²) < 4.78 is 10.7. The Balaban J connectivity index is 1.14. The van der Waals surface area contributed by atoms with Crippen LogP contribution < -0.4 is 20.7 Å². The maximum absolute atomic E-state index is 12.7. The highest BCUT2D eigenvalue weighted by atomic mass is 16.5. The van der Waals surface area contributed by atoms with Crippen LogP contribution in [-0.2, 0) is 27.2 Å². The van der Waals surface area contributed by atoms with Crippen LogP contribution in [0.4, 0.5) is 11.4 Å². The maximum atomic E-state index is 12.7. The molecule has 0 aliphatic heterocycles. The third kappa shape index (κ3) is 5.88. The lowest BCUT2D eigenvalue weighted by Gasteiger charge is -2.29. The van der Waals surface area contributed by atoms with Gasteiger partial charge in [-0.15, -0.1) is 0 Å². The molecule has 9 nitrogen and oxygen atoms in total. The summed E-state index contributed by atoms with van der Waals surface area (Å²) >= 11 is 0. The predicted octanol–water partition coefficient (Wildman–Crippen LogP) is 4.70. The zero-order chi connectivity index (χ0) is 28.3. The fraction of sp³-hybridized carbons (Fsp3) is 0.226. The van der Waals surface area contributed by atoms with E-state index in [-0.39, 0.29) is 11.8 Å². The molecule has 3 N–H and O–H groups in total. The zero-order valence-electron chi connectivity index (χ0n) is 22.5. The Hall–Kier alpha value is -4.92. The molecule has 1 atom stereocenters. The number of hydrogen-bond acceptors (Lipinski definition) is 6. The fourth-order valence-corrected chi connectivity index (χ4v) is 4.86. The van der Waals surface area contributed by atoms with Crippen molar-refractivity contribution in [3.63, 3.8) is 0 Å². The number of nitrogens with zero attached hydrogens (tertiary/aromatic N) is 1. The van der Waals surface area contributed by atoms with Crippen LogP contribution >= 0.6 is 0 Å². The van der Waals surface area contributed by atoms with Crippen molar-refractivity contribution < 1.29 is 23.5 Å². The molecule has 1 heterocycles. The van der Waals surface area contributed by atoms with Crippen molar-refractivity contribution in [3.05, 3.63) is 96.0 Å². The normalized spacial score (nSPS) is 13.9. The van der Waals surface area contributed by atoms with Gasteiger partial charge in [0.05, 0.1) is 24.8 Å². The molecular formula is C31H30N4O5. The van der Waals surface area contributed by atoms with E-state index in [4.69, 9.17) is 9.15 Å². The summed E-state index contributed by atoms with van der Waals surface area (Å²) in [7, 11) is 1.50. The van der Waals surface area contributed by atoms with Gasteiger partial charge in [0.15, 0.2) is 12.2 Å². The second-order valence-electron chi connectivity index (χ2n) is 10.4. The average Bonchev–Trinajstić information content (AvgIpc) is 3.45. The molecule has 0 saturated heterocycles. The molecule has 0 spiro atoms. The first-order valence-corrected chi connectivity index (χ1v) is 12.9. The van der Waals surface area contributed by atoms with Gasteiger partial charge >= 0.3 is 11.8 Å². The number of ether oxygens (including phenoxy) is 1. The number of hydrogen-bond donors (Lipinski definition) is 3. The van der Waals surface area contributed by atoms with Gasteiger partial charge in [0.1, 0.15) is 5.75 Å². The second-order valence-corrected chi connectivity index (χ2v) is 10.4. The fourth-order valence-electron chi connectivity index (χ4n) is 4.86. The number of rotatable bonds is 8. The minimum atomic E-state index is -0.793. The smallest absolute Gasteiger partial charge is 0.313 e. The van der Waals surface area contributed by atoms with E-state index < -0.39 is 17.4 Å². The Morgan fingerprint density at radius 2 is 1.73 bits per heavy atom. The molecule has 0 radical (unpaired) electrons. The summed E-state index contributed by atoms with van der Waals surface area (Å²) in [6.07, 6.45) is 4.11. The van der Waals surface area contributed by atoms with Crippen molar-refractivity contribution in [3.8, 4) is 17.1 Å². The van der Waals surface area contributed by atoms with E-state index in [1.165, 1.54) is 19.1 Å². The van der Waals surface area contributed by atoms with Gasteiger partial charge in [0, 0.05) is 23.0 Å². The summed E-state index contributed by atoms with van der Waals surface area (Å²) in [4.78, 5) is 41.9. The molecule has 0 bridgehead atoms. The lowest BCUT2D eigenvalue weighted by atomic mass is 9.77. The Morgan fingerprint density at radius 3 is 2.42 bits per heavy atom. The van der Waals surface area contributed by atoms with Gasteiger partial charge in [-0.25, -0.2) is 4.98 Å². The molecule has 0 saturated carbocycles. The Kier molecular flexibility index (Phi) is 7.37. The van der Waals surface area contributed by atoms with Gasteiger partial charge in [-0.2, -0.15) is 0 Å². The third-order valence-corrected chi connectivity index (χ3v) is 6.85. The largest absolute Gasteiger partial charge is 0.496 e. The summed E-state index contributed by atoms with van der Waals surface area (Å²) in [5.41, 5.74) is 4.33. The summed E-state index contributed by atoms with van der Waals surface area (Å²) in [6.45, 7) is 3.69. The molecule has 5 rings (SSSR count). The van der Waals surface area contributed by atoms with Crippen LogP contribution in [0.5, 0.6) is 5.75 Å². The number of carbonyl (C=O) groups is 3. The Bertz CT molecular complexity index is 1540. The number of nitrogens with one attached hydrogen (secondary N) is 3. The molecule has 1 aliphatic rings. The topological polar surface area (TPSA) is 123 Å². The van der Waals surface area contributed by atoms with Crippen LogP contribution in [0, 0.1) is 0 Å². The molecule has 3 aromatic carbocycles. The molecule has 1 unspecified atom stereocenters. The maximum Gasteiger partial charge on any atom is 0.313 e. The first kappa shape index (κ1) is 26.7. The minimum Gasteiger partial charge on any atom is -0.496 e. The molecule has 204 valence electrons. The number of carbonyl (C=O) groups excluding carboxylic acids is 3. The SMILES string of the molecule is COc1cc(NC(=O)C(=O)NC(C)(C)Cc2ccc(NC(=O)C3Cc4ccccc43)cc2)ccc1-c1cnco1. The second kappa shape index (κ2) is 11.1. The number of amides is 3. The number of benzene rings is 3. The number of methoxy groups -OCH3 is 1. The monoisotopic (exact) mass is 538 g/mol. The summed E-state index contributed by atoms with van der Waals surface area (Å²) in [5, 5.41) is 8.39. The molecule has 0 fully saturated rings. The van der Waals surface area contributed by atoms with Crippen molar-refractivity contribution in [2.45, 2.75) is 38.1 Å². The highest BCUT2D eigenvalue weighted by molar-refractivity contribution is 6.39. The van der Waals surface area contributed by atoms with Crippen molar-refractivity contribution in [1.29, 1.82) is 0 Å². The zero-order valence-corrected chi connectivity index (χ0v) is 22.5. The standard InChI is InChI=1S/C31H30N4O5/c1-31(2,16-19-8-10-21(11-9-19)33-28(36)25-14-20-6-4-5-7-23(20)25)35-30(38)29(37)34-22-12-13-24(26(15-22)39-3)27-17-32-18-40-27/h4-13,15,17-18,25H,14,16H2,1-3H3,(H,33,36)(H,34,37)(H,35,38). The Morgan fingerprint density at radius 1 is 0.975 bits per heavy atom. The molecule has 9 heteroatoms. The van der Waals surface area contributed by atoms with E-state index in [2.05, 4.69) is 20.9 Å². The predicted molar refractivity (Wildman–Crippen MR) is 151 cm³/mol. The average molecular weight is 539 g/mol. The molecular weight excluding hydrogens is 508 g/mol. The number of fused-ring (bicyclic) bond motifs is 1. The summed E-state index contributed by atoms with van der Waals surface area (Å²) in [6, 6.07) is 20.5. The number of oxazole rings is 1. The molecule has 3 amide bonds. The van der Waals surface area contributed by atoms with E-state index in [1.54, 1.807) is 24.4 Å². The lowest BCUT2D eigenvalue weighted by molar-refractivity contribution is -0.137. The number of aromatic nitrogens is 1. The van der Waals surface area contributed by atoms with Crippen molar-refractivity contribution in [2.75, 3.05) is 17.7 Å². The quantitative estimate of drug-likeness (QED) is 0.280. The van der Waals surface area contributed by atoms with Crippen LogP contribution in [0.1, 0.15) is 36.5 Å². The van der Waals surface area contributed by atoms with Crippen LogP contribution in [0.3, 0.4) is 0 Å². The van der Waals surface area contributed by atoms with Crippen LogP contribution in [0.25, 0.3) is 11.3 Å². The van der Waals surface area contributed by atoms with Crippen LogP contribution in [0.15, 0.2) is 83.7 Å². The number of anilines is 2. The van der Waals surface area contributed by atoms with E-state index in [9.17, 15) is 14.4 Å². The van der Waals surface area contributed by atoms with E-state index >= 15 is 0 Å². The van der Waals surface area contributed by atoms with Gasteiger partial charge < -0.3 is 25.1 Å². The third-order valence-electron chi connectivity index (χ3n) is 6.85. The first-order chi connectivity index (χ1) is 19.2. The van der Waals surface area contributed by atoms with Gasteiger partial charge in [-0.3, -0.25) is 14.4 Å². The molecule has 40 heavy (non-hydrogen) atoms. The van der Waals surface area contributed by atoms with Crippen molar-refractivity contribution >= 4 is 29.1 Å². The van der Waals surface area contributed by atoms with E-state index in [0.717, 1.165) is 17.5 Å². The highest BCUT2D eigenvalue weighted by Crippen LogP contribution is 2.36. The highest BCUT2D eigenvalue weighted by Gasteiger charge is 2.31. The minimum absolute atomic E-state index is 0.0183.